The van der Waals surface area contributed by atoms with Gasteiger partial charge in [0.2, 0.25) is 0 Å². The Bertz CT molecular complexity index is 483. The summed E-state index contributed by atoms with van der Waals surface area (Å²) in [5.74, 6) is -0.192. The van der Waals surface area contributed by atoms with Crippen LogP contribution in [0.25, 0.3) is 0 Å². The molecule has 0 saturated carbocycles. The first-order valence-electron chi connectivity index (χ1n) is 6.46. The highest BCUT2D eigenvalue weighted by Gasteiger charge is 2.66. The molecule has 0 aliphatic carbocycles. The maximum absolute atomic E-state index is 12.2. The fraction of sp³-hybridized carbons (Fsp3) is 0.533. The number of carbonyl (C=O) groups is 1. The van der Waals surface area contributed by atoms with Gasteiger partial charge in [-0.3, -0.25) is 4.79 Å². The van der Waals surface area contributed by atoms with Gasteiger partial charge in [-0.25, -0.2) is 0 Å². The summed E-state index contributed by atoms with van der Waals surface area (Å²) in [7, 11) is 1.44. The predicted octanol–water partition coefficient (Wildman–Crippen LogP) is 1.45. The third-order valence-electron chi connectivity index (χ3n) is 4.49. The average molecular weight is 262 g/mol. The van der Waals surface area contributed by atoms with Gasteiger partial charge >= 0.3 is 5.97 Å². The van der Waals surface area contributed by atoms with E-state index in [2.05, 4.69) is 31.2 Å². The lowest BCUT2D eigenvalue weighted by Gasteiger charge is -2.57. The number of hydrogen-bond acceptors (Lipinski definition) is 4. The number of hydrogen-bond donors (Lipinski definition) is 0. The quantitative estimate of drug-likeness (QED) is 0.773. The third kappa shape index (κ3) is 1.56. The average Bonchev–Trinajstić information content (AvgIpc) is 2.32. The first-order valence-corrected chi connectivity index (χ1v) is 6.46. The second-order valence-electron chi connectivity index (χ2n) is 5.51. The van der Waals surface area contributed by atoms with Gasteiger partial charge in [-0.2, -0.15) is 0 Å². The van der Waals surface area contributed by atoms with Gasteiger partial charge in [0.1, 0.15) is 5.41 Å². The van der Waals surface area contributed by atoms with Crippen LogP contribution in [0.2, 0.25) is 0 Å². The standard InChI is InChI=1S/C15H18O4/c1-11-3-5-12(6-4-11)14(7-18-8-14)15(9-19-10-15)13(16)17-2/h3-6H,7-10H2,1-2H3. The monoisotopic (exact) mass is 262 g/mol. The number of methoxy groups -OCH3 is 1. The molecule has 2 aliphatic heterocycles. The highest BCUT2D eigenvalue weighted by Crippen LogP contribution is 2.52. The summed E-state index contributed by atoms with van der Waals surface area (Å²) >= 11 is 0. The molecule has 2 saturated heterocycles. The Morgan fingerprint density at radius 2 is 1.68 bits per heavy atom. The Morgan fingerprint density at radius 3 is 2.05 bits per heavy atom. The molecule has 4 nitrogen and oxygen atoms in total. The molecule has 4 heteroatoms. The molecular weight excluding hydrogens is 244 g/mol. The second-order valence-corrected chi connectivity index (χ2v) is 5.51. The van der Waals surface area contributed by atoms with E-state index in [1.165, 1.54) is 12.7 Å². The molecule has 1 aromatic rings. The van der Waals surface area contributed by atoms with Crippen molar-refractivity contribution in [3.05, 3.63) is 35.4 Å². The zero-order valence-electron chi connectivity index (χ0n) is 11.3. The SMILES string of the molecule is COC(=O)C1(C2(c3ccc(C)cc3)COC2)COC1. The number of ether oxygens (including phenoxy) is 3. The zero-order valence-corrected chi connectivity index (χ0v) is 11.3. The molecule has 0 N–H and O–H groups in total. The molecular formula is C15H18O4. The molecule has 0 unspecified atom stereocenters. The maximum Gasteiger partial charge on any atom is 0.317 e. The molecule has 2 fully saturated rings. The Balaban J connectivity index is 2.03. The van der Waals surface area contributed by atoms with Crippen LogP contribution in [-0.2, 0) is 24.4 Å². The van der Waals surface area contributed by atoms with Crippen LogP contribution in [0.3, 0.4) is 0 Å². The lowest BCUT2D eigenvalue weighted by atomic mass is 9.57. The van der Waals surface area contributed by atoms with E-state index >= 15 is 0 Å². The number of carbonyl (C=O) groups excluding carboxylic acids is 1. The molecule has 0 amide bonds. The van der Waals surface area contributed by atoms with Crippen LogP contribution in [0.1, 0.15) is 11.1 Å². The second kappa shape index (κ2) is 4.32. The fourth-order valence-corrected chi connectivity index (χ4v) is 2.99. The van der Waals surface area contributed by atoms with Crippen LogP contribution in [0.15, 0.2) is 24.3 Å². The molecule has 0 radical (unpaired) electrons. The molecule has 0 atom stereocenters. The summed E-state index contributed by atoms with van der Waals surface area (Å²) in [6.45, 7) is 3.98. The molecule has 102 valence electrons. The minimum absolute atomic E-state index is 0.192. The van der Waals surface area contributed by atoms with Crippen molar-refractivity contribution in [1.29, 1.82) is 0 Å². The van der Waals surface area contributed by atoms with Crippen LogP contribution < -0.4 is 0 Å². The largest absolute Gasteiger partial charge is 0.468 e. The van der Waals surface area contributed by atoms with E-state index in [9.17, 15) is 4.79 Å². The molecule has 2 heterocycles. The van der Waals surface area contributed by atoms with E-state index in [1.807, 2.05) is 0 Å². The lowest BCUT2D eigenvalue weighted by Crippen LogP contribution is -2.70. The predicted molar refractivity (Wildman–Crippen MR) is 68.9 cm³/mol. The molecule has 3 rings (SSSR count). The maximum atomic E-state index is 12.2. The topological polar surface area (TPSA) is 44.8 Å². The first kappa shape index (κ1) is 12.6. The zero-order chi connectivity index (χ0) is 13.5. The molecule has 0 bridgehead atoms. The van der Waals surface area contributed by atoms with Gasteiger partial charge in [0.05, 0.1) is 39.0 Å². The highest BCUT2D eigenvalue weighted by molar-refractivity contribution is 5.81. The van der Waals surface area contributed by atoms with Gasteiger partial charge in [0.15, 0.2) is 0 Å². The van der Waals surface area contributed by atoms with E-state index in [0.717, 1.165) is 5.56 Å². The first-order chi connectivity index (χ1) is 9.14. The van der Waals surface area contributed by atoms with Crippen molar-refractivity contribution in [3.8, 4) is 0 Å². The molecule has 2 aliphatic rings. The van der Waals surface area contributed by atoms with Crippen LogP contribution in [0.5, 0.6) is 0 Å². The van der Waals surface area contributed by atoms with Gasteiger partial charge in [-0.15, -0.1) is 0 Å². The van der Waals surface area contributed by atoms with Crippen molar-refractivity contribution >= 4 is 5.97 Å². The van der Waals surface area contributed by atoms with E-state index in [4.69, 9.17) is 14.2 Å². The lowest BCUT2D eigenvalue weighted by molar-refractivity contribution is -0.238. The van der Waals surface area contributed by atoms with Crippen molar-refractivity contribution in [1.82, 2.24) is 0 Å². The van der Waals surface area contributed by atoms with Crippen molar-refractivity contribution in [2.24, 2.45) is 5.41 Å². The van der Waals surface area contributed by atoms with E-state index in [-0.39, 0.29) is 11.4 Å². The number of esters is 1. The highest BCUT2D eigenvalue weighted by atomic mass is 16.6. The number of rotatable bonds is 3. The molecule has 0 spiro atoms. The summed E-state index contributed by atoms with van der Waals surface area (Å²) in [6.07, 6.45) is 0. The number of benzene rings is 1. The van der Waals surface area contributed by atoms with Crippen LogP contribution in [0, 0.1) is 12.3 Å². The van der Waals surface area contributed by atoms with E-state index < -0.39 is 5.41 Å². The summed E-state index contributed by atoms with van der Waals surface area (Å²) < 4.78 is 15.8. The van der Waals surface area contributed by atoms with Gasteiger partial charge in [0, 0.05) is 0 Å². The Labute approximate surface area is 112 Å². The van der Waals surface area contributed by atoms with Gasteiger partial charge in [0.25, 0.3) is 0 Å². The third-order valence-corrected chi connectivity index (χ3v) is 4.49. The van der Waals surface area contributed by atoms with E-state index in [0.29, 0.717) is 26.4 Å². The minimum Gasteiger partial charge on any atom is -0.468 e. The molecule has 19 heavy (non-hydrogen) atoms. The smallest absolute Gasteiger partial charge is 0.317 e. The van der Waals surface area contributed by atoms with Crippen molar-refractivity contribution in [2.75, 3.05) is 33.5 Å². The van der Waals surface area contributed by atoms with Gasteiger partial charge in [-0.1, -0.05) is 29.8 Å². The Morgan fingerprint density at radius 1 is 1.11 bits per heavy atom. The van der Waals surface area contributed by atoms with Crippen molar-refractivity contribution in [2.45, 2.75) is 12.3 Å². The Kier molecular flexibility index (Phi) is 2.87. The van der Waals surface area contributed by atoms with Gasteiger partial charge < -0.3 is 14.2 Å². The van der Waals surface area contributed by atoms with Crippen LogP contribution in [-0.4, -0.2) is 39.5 Å². The Hall–Kier alpha value is -1.39. The van der Waals surface area contributed by atoms with Crippen LogP contribution in [0.4, 0.5) is 0 Å². The molecule has 0 aromatic heterocycles. The number of aryl methyl sites for hydroxylation is 1. The molecule has 1 aromatic carbocycles. The van der Waals surface area contributed by atoms with Crippen LogP contribution >= 0.6 is 0 Å². The fourth-order valence-electron chi connectivity index (χ4n) is 2.99. The summed E-state index contributed by atoms with van der Waals surface area (Å²) in [5.41, 5.74) is 1.45. The normalized spacial score (nSPS) is 23.1. The van der Waals surface area contributed by atoms with E-state index in [1.54, 1.807) is 0 Å². The summed E-state index contributed by atoms with van der Waals surface area (Å²) in [4.78, 5) is 12.2. The minimum atomic E-state index is -0.588. The van der Waals surface area contributed by atoms with Crippen molar-refractivity contribution < 1.29 is 19.0 Å². The van der Waals surface area contributed by atoms with Crippen molar-refractivity contribution in [3.63, 3.8) is 0 Å². The summed E-state index contributed by atoms with van der Waals surface area (Å²) in [5, 5.41) is 0. The van der Waals surface area contributed by atoms with Gasteiger partial charge in [-0.05, 0) is 12.5 Å². The summed E-state index contributed by atoms with van der Waals surface area (Å²) in [6, 6.07) is 8.31.